The third-order valence-electron chi connectivity index (χ3n) is 7.70. The van der Waals surface area contributed by atoms with Crippen LogP contribution in [0.5, 0.6) is 0 Å². The number of aromatic nitrogens is 1. The monoisotopic (exact) mass is 527 g/mol. The van der Waals surface area contributed by atoms with Crippen LogP contribution in [-0.2, 0) is 21.4 Å². The molecule has 3 amide bonds. The van der Waals surface area contributed by atoms with Crippen molar-refractivity contribution in [3.63, 3.8) is 0 Å². The number of ether oxygens (including phenoxy) is 1. The van der Waals surface area contributed by atoms with Gasteiger partial charge in [0.2, 0.25) is 11.8 Å². The van der Waals surface area contributed by atoms with Crippen LogP contribution >= 0.6 is 0 Å². The van der Waals surface area contributed by atoms with E-state index in [1.807, 2.05) is 0 Å². The minimum atomic E-state index is -0.551. The molecule has 208 valence electrons. The normalized spacial score (nSPS) is 17.6. The van der Waals surface area contributed by atoms with Gasteiger partial charge in [-0.05, 0) is 44.4 Å². The quantitative estimate of drug-likeness (QED) is 0.273. The van der Waals surface area contributed by atoms with Gasteiger partial charge in [0, 0.05) is 50.6 Å². The molecule has 1 unspecified atom stereocenters. The number of allylic oxidation sites excluding steroid dienone is 1. The van der Waals surface area contributed by atoms with Gasteiger partial charge >= 0.3 is 0 Å². The Balaban J connectivity index is 1.75. The second-order valence-corrected chi connectivity index (χ2v) is 10.00. The Morgan fingerprint density at radius 1 is 1.11 bits per heavy atom. The summed E-state index contributed by atoms with van der Waals surface area (Å²) in [6.45, 7) is 7.10. The molecule has 1 aromatic rings. The fraction of sp³-hybridized carbons (Fsp3) is 0.571. The van der Waals surface area contributed by atoms with Crippen LogP contribution in [0.4, 0.5) is 0 Å². The molecule has 1 saturated heterocycles. The zero-order chi connectivity index (χ0) is 27.8. The van der Waals surface area contributed by atoms with Crippen LogP contribution in [0.15, 0.2) is 18.4 Å². The molecular weight excluding hydrogens is 486 g/mol. The first-order chi connectivity index (χ1) is 18.3. The van der Waals surface area contributed by atoms with E-state index in [-0.39, 0.29) is 30.2 Å². The Morgan fingerprint density at radius 3 is 2.29 bits per heavy atom. The summed E-state index contributed by atoms with van der Waals surface area (Å²) in [6.07, 6.45) is 9.13. The van der Waals surface area contributed by atoms with Crippen LogP contribution in [0.3, 0.4) is 0 Å². The topological polar surface area (TPSA) is 113 Å². The molecule has 0 radical (unpaired) electrons. The fourth-order valence-electron chi connectivity index (χ4n) is 5.52. The van der Waals surface area contributed by atoms with E-state index in [1.165, 1.54) is 7.11 Å². The Hall–Kier alpha value is -3.40. The second-order valence-electron chi connectivity index (χ2n) is 10.00. The van der Waals surface area contributed by atoms with Crippen LogP contribution in [0.2, 0.25) is 0 Å². The number of carbonyl (C=O) groups excluding carboxylic acids is 4. The molecular formula is C28H41N5O5. The molecule has 1 aliphatic carbocycles. The number of methoxy groups -OCH3 is 1. The lowest BCUT2D eigenvalue weighted by atomic mass is 9.83. The summed E-state index contributed by atoms with van der Waals surface area (Å²) < 4.78 is 6.99. The molecule has 2 N–H and O–H groups in total. The highest BCUT2D eigenvalue weighted by atomic mass is 16.5. The van der Waals surface area contributed by atoms with Crippen molar-refractivity contribution in [1.82, 2.24) is 25.0 Å². The summed E-state index contributed by atoms with van der Waals surface area (Å²) in [7, 11) is 4.98. The van der Waals surface area contributed by atoms with Crippen LogP contribution in [0, 0.1) is 12.8 Å². The minimum absolute atomic E-state index is 0.0827. The van der Waals surface area contributed by atoms with Gasteiger partial charge in [0.25, 0.3) is 5.91 Å². The molecule has 0 bridgehead atoms. The van der Waals surface area contributed by atoms with Crippen molar-refractivity contribution in [2.24, 2.45) is 13.0 Å². The molecule has 2 fully saturated rings. The van der Waals surface area contributed by atoms with Gasteiger partial charge in [-0.1, -0.05) is 25.8 Å². The predicted octanol–water partition coefficient (Wildman–Crippen LogP) is 1.89. The number of amides is 3. The minimum Gasteiger partial charge on any atom is -0.497 e. The number of likely N-dealkylation sites (N-methyl/N-ethyl adjacent to an activating group) is 1. The maximum absolute atomic E-state index is 13.6. The molecule has 2 aliphatic rings. The molecule has 2 heterocycles. The van der Waals surface area contributed by atoms with E-state index in [2.05, 4.69) is 17.2 Å². The summed E-state index contributed by atoms with van der Waals surface area (Å²) in [5, 5.41) is 5.80. The SMILES string of the molecule is C=C/C(=C\c1c(C)c(C=O)c(C(=O)N2CCN(C(=O)C(NC(=O)CNC)C3CCCCC3)CC2)n1C)OC. The zero-order valence-corrected chi connectivity index (χ0v) is 23.0. The highest BCUT2D eigenvalue weighted by molar-refractivity contribution is 6.02. The Morgan fingerprint density at radius 2 is 1.74 bits per heavy atom. The molecule has 1 aliphatic heterocycles. The number of hydrogen-bond donors (Lipinski definition) is 2. The molecule has 1 atom stereocenters. The third-order valence-corrected chi connectivity index (χ3v) is 7.70. The average molecular weight is 528 g/mol. The molecule has 38 heavy (non-hydrogen) atoms. The number of piperazine rings is 1. The maximum Gasteiger partial charge on any atom is 0.271 e. The molecule has 10 nitrogen and oxygen atoms in total. The van der Waals surface area contributed by atoms with Crippen LogP contribution in [-0.4, -0.2) is 91.3 Å². The maximum atomic E-state index is 13.6. The molecule has 1 saturated carbocycles. The highest BCUT2D eigenvalue weighted by Gasteiger charge is 2.36. The summed E-state index contributed by atoms with van der Waals surface area (Å²) in [6, 6.07) is -0.551. The fourth-order valence-corrected chi connectivity index (χ4v) is 5.52. The lowest BCUT2D eigenvalue weighted by molar-refractivity contribution is -0.139. The lowest BCUT2D eigenvalue weighted by Crippen LogP contribution is -2.58. The van der Waals surface area contributed by atoms with Crippen molar-refractivity contribution in [2.45, 2.75) is 45.1 Å². The van der Waals surface area contributed by atoms with E-state index < -0.39 is 6.04 Å². The van der Waals surface area contributed by atoms with Crippen LogP contribution < -0.4 is 10.6 Å². The Kier molecular flexibility index (Phi) is 10.3. The third kappa shape index (κ3) is 6.35. The van der Waals surface area contributed by atoms with Gasteiger partial charge in [0.05, 0.1) is 13.7 Å². The highest BCUT2D eigenvalue weighted by Crippen LogP contribution is 2.28. The number of carbonyl (C=O) groups is 4. The summed E-state index contributed by atoms with van der Waals surface area (Å²) in [4.78, 5) is 54.9. The van der Waals surface area contributed by atoms with Crippen LogP contribution in [0.1, 0.15) is 64.2 Å². The number of nitrogens with zero attached hydrogens (tertiary/aromatic N) is 3. The lowest BCUT2D eigenvalue weighted by Gasteiger charge is -2.39. The number of hydrogen-bond acceptors (Lipinski definition) is 6. The summed E-state index contributed by atoms with van der Waals surface area (Å²) in [5.74, 6) is 0.112. The van der Waals surface area contributed by atoms with E-state index >= 15 is 0 Å². The van der Waals surface area contributed by atoms with E-state index in [4.69, 9.17) is 4.74 Å². The summed E-state index contributed by atoms with van der Waals surface area (Å²) >= 11 is 0. The van der Waals surface area contributed by atoms with Crippen molar-refractivity contribution < 1.29 is 23.9 Å². The van der Waals surface area contributed by atoms with Crippen LogP contribution in [0.25, 0.3) is 6.08 Å². The molecule has 0 spiro atoms. The molecule has 0 aromatic carbocycles. The number of rotatable bonds is 10. The van der Waals surface area contributed by atoms with Crippen molar-refractivity contribution in [2.75, 3.05) is 46.9 Å². The molecule has 1 aromatic heterocycles. The van der Waals surface area contributed by atoms with Gasteiger partial charge in [-0.15, -0.1) is 0 Å². The van der Waals surface area contributed by atoms with E-state index in [0.717, 1.165) is 32.1 Å². The van der Waals surface area contributed by atoms with Crippen molar-refractivity contribution in [3.05, 3.63) is 40.9 Å². The van der Waals surface area contributed by atoms with E-state index in [9.17, 15) is 19.2 Å². The van der Waals surface area contributed by atoms with Gasteiger partial charge in [-0.2, -0.15) is 0 Å². The Labute approximate surface area is 225 Å². The standard InChI is InChI=1S/C28H41N5O5/c1-6-21(38-5)16-23-19(2)22(18-34)26(31(23)4)28(37)33-14-12-32(13-15-33)27(36)25(30-24(35)17-29-3)20-10-8-7-9-11-20/h6,16,18,20,25,29H,1,7-15,17H2,2-5H3,(H,30,35)/b21-16+. The van der Waals surface area contributed by atoms with Gasteiger partial charge in [0.15, 0.2) is 6.29 Å². The number of aldehydes is 1. The van der Waals surface area contributed by atoms with Gasteiger partial charge < -0.3 is 29.7 Å². The smallest absolute Gasteiger partial charge is 0.271 e. The van der Waals surface area contributed by atoms with Gasteiger partial charge in [-0.25, -0.2) is 0 Å². The van der Waals surface area contributed by atoms with Gasteiger partial charge in [0.1, 0.15) is 17.5 Å². The average Bonchev–Trinajstić information content (AvgIpc) is 3.18. The Bertz CT molecular complexity index is 1080. The zero-order valence-electron chi connectivity index (χ0n) is 23.0. The van der Waals surface area contributed by atoms with Gasteiger partial charge in [-0.3, -0.25) is 19.2 Å². The second kappa shape index (κ2) is 13.4. The molecule has 10 heteroatoms. The first-order valence-electron chi connectivity index (χ1n) is 13.3. The molecule has 3 rings (SSSR count). The largest absolute Gasteiger partial charge is 0.497 e. The summed E-state index contributed by atoms with van der Waals surface area (Å²) in [5.41, 5.74) is 2.02. The first kappa shape index (κ1) is 29.2. The number of nitrogens with one attached hydrogen (secondary N) is 2. The van der Waals surface area contributed by atoms with Crippen molar-refractivity contribution in [1.29, 1.82) is 0 Å². The predicted molar refractivity (Wildman–Crippen MR) is 146 cm³/mol. The van der Waals surface area contributed by atoms with E-state index in [1.54, 1.807) is 47.5 Å². The van der Waals surface area contributed by atoms with E-state index in [0.29, 0.717) is 60.7 Å². The first-order valence-corrected chi connectivity index (χ1v) is 13.3. The van der Waals surface area contributed by atoms with Crippen molar-refractivity contribution in [3.8, 4) is 0 Å². The van der Waals surface area contributed by atoms with Crippen molar-refractivity contribution >= 4 is 30.1 Å².